The monoisotopic (exact) mass is 396 g/mol. The predicted octanol–water partition coefficient (Wildman–Crippen LogP) is 4.60. The second kappa shape index (κ2) is 9.73. The van der Waals surface area contributed by atoms with E-state index in [0.717, 1.165) is 69.2 Å². The molecule has 1 saturated heterocycles. The highest BCUT2D eigenvalue weighted by Crippen LogP contribution is 2.28. The van der Waals surface area contributed by atoms with Gasteiger partial charge in [-0.2, -0.15) is 0 Å². The molecule has 0 radical (unpaired) electrons. The van der Waals surface area contributed by atoms with Gasteiger partial charge in [0.2, 0.25) is 5.91 Å². The van der Waals surface area contributed by atoms with Crippen LogP contribution in [0.3, 0.4) is 0 Å². The third-order valence-corrected chi connectivity index (χ3v) is 6.89. The molecule has 1 N–H and O–H groups in total. The lowest BCUT2D eigenvalue weighted by molar-refractivity contribution is -0.132. The Kier molecular flexibility index (Phi) is 6.83. The number of carbonyl (C=O) groups excluding carboxylic acids is 1. The number of hydrogen-bond donors (Lipinski definition) is 1. The van der Waals surface area contributed by atoms with E-state index in [2.05, 4.69) is 23.2 Å². The van der Waals surface area contributed by atoms with E-state index in [1.54, 1.807) is 0 Å². The van der Waals surface area contributed by atoms with Crippen molar-refractivity contribution in [2.75, 3.05) is 25.0 Å². The van der Waals surface area contributed by atoms with Crippen LogP contribution in [-0.2, 0) is 11.2 Å². The van der Waals surface area contributed by atoms with Gasteiger partial charge >= 0.3 is 0 Å². The summed E-state index contributed by atoms with van der Waals surface area (Å²) in [5, 5.41) is 3.74. The summed E-state index contributed by atoms with van der Waals surface area (Å²) >= 11 is 0. The number of nitrogens with one attached hydrogen (secondary N) is 1. The lowest BCUT2D eigenvalue weighted by Crippen LogP contribution is -2.38. The van der Waals surface area contributed by atoms with Crippen molar-refractivity contribution in [1.82, 2.24) is 9.88 Å². The lowest BCUT2D eigenvalue weighted by atomic mass is 9.94. The summed E-state index contributed by atoms with van der Waals surface area (Å²) in [5.74, 6) is 2.03. The van der Waals surface area contributed by atoms with Crippen LogP contribution in [0.15, 0.2) is 17.3 Å². The van der Waals surface area contributed by atoms with Crippen LogP contribution < -0.4 is 5.32 Å². The van der Waals surface area contributed by atoms with Gasteiger partial charge < -0.3 is 10.2 Å². The summed E-state index contributed by atoms with van der Waals surface area (Å²) in [6.07, 6.45) is 14.0. The fourth-order valence-electron chi connectivity index (χ4n) is 4.99. The lowest BCUT2D eigenvalue weighted by Gasteiger charge is -2.30. The maximum absolute atomic E-state index is 12.8. The Morgan fingerprint density at radius 2 is 1.93 bits per heavy atom. The van der Waals surface area contributed by atoms with E-state index in [1.807, 2.05) is 6.20 Å². The first-order valence-electron chi connectivity index (χ1n) is 11.8. The molecule has 5 nitrogen and oxygen atoms in total. The number of amides is 1. The summed E-state index contributed by atoms with van der Waals surface area (Å²) in [4.78, 5) is 24.5. The van der Waals surface area contributed by atoms with Gasteiger partial charge in [-0.15, -0.1) is 0 Å². The molecule has 1 saturated carbocycles. The molecule has 1 aromatic heterocycles. The van der Waals surface area contributed by atoms with Crippen molar-refractivity contribution in [1.29, 1.82) is 0 Å². The Balaban J connectivity index is 1.47. The molecule has 3 heterocycles. The van der Waals surface area contributed by atoms with Crippen molar-refractivity contribution in [2.45, 2.75) is 83.6 Å². The second-order valence-electron chi connectivity index (χ2n) is 9.17. The number of fused-ring (bicyclic) bond motifs is 1. The fourth-order valence-corrected chi connectivity index (χ4v) is 4.99. The average molecular weight is 397 g/mol. The zero-order valence-corrected chi connectivity index (χ0v) is 18.0. The van der Waals surface area contributed by atoms with E-state index < -0.39 is 0 Å². The number of pyridine rings is 1. The normalized spacial score (nSPS) is 21.3. The van der Waals surface area contributed by atoms with Gasteiger partial charge in [-0.1, -0.05) is 26.2 Å². The van der Waals surface area contributed by atoms with E-state index >= 15 is 0 Å². The molecule has 0 aromatic carbocycles. The molecular weight excluding hydrogens is 360 g/mol. The molecule has 0 atom stereocenters. The Labute approximate surface area is 175 Å². The number of carbonyl (C=O) groups is 1. The molecule has 0 bridgehead atoms. The van der Waals surface area contributed by atoms with Gasteiger partial charge in [-0.05, 0) is 62.5 Å². The minimum absolute atomic E-state index is 0.288. The van der Waals surface area contributed by atoms with Crippen molar-refractivity contribution in [3.8, 4) is 0 Å². The minimum atomic E-state index is 0.288. The van der Waals surface area contributed by atoms with E-state index in [9.17, 15) is 4.79 Å². The van der Waals surface area contributed by atoms with E-state index in [4.69, 9.17) is 9.98 Å². The van der Waals surface area contributed by atoms with Crippen molar-refractivity contribution in [3.63, 3.8) is 0 Å². The van der Waals surface area contributed by atoms with Crippen LogP contribution in [0.5, 0.6) is 0 Å². The molecule has 4 rings (SSSR count). The standard InChI is InChI=1S/C24H36N4O/c1-18-12-16-28(17-13-18)22(29)10-9-21-23-19(6-5-14-25-21)11-15-26-24(23)27-20-7-3-2-4-8-20/h11,15,18,20H,2-10,12-14,16-17H2,1H3,(H,26,27). The molecule has 158 valence electrons. The number of nitrogens with zero attached hydrogens (tertiary/aromatic N) is 3. The number of piperidine rings is 1. The molecule has 5 heteroatoms. The molecule has 2 fully saturated rings. The van der Waals surface area contributed by atoms with Crippen LogP contribution >= 0.6 is 0 Å². The molecule has 1 aliphatic carbocycles. The highest BCUT2D eigenvalue weighted by Gasteiger charge is 2.24. The summed E-state index contributed by atoms with van der Waals surface area (Å²) in [5.41, 5.74) is 3.62. The zero-order chi connectivity index (χ0) is 20.1. The summed E-state index contributed by atoms with van der Waals surface area (Å²) in [6.45, 7) is 4.97. The quantitative estimate of drug-likeness (QED) is 0.791. The summed E-state index contributed by atoms with van der Waals surface area (Å²) in [6, 6.07) is 2.67. The van der Waals surface area contributed by atoms with Crippen molar-refractivity contribution in [3.05, 3.63) is 23.4 Å². The predicted molar refractivity (Wildman–Crippen MR) is 119 cm³/mol. The number of aryl methyl sites for hydroxylation is 1. The number of aliphatic imine (C=N–C) groups is 1. The number of hydrogen-bond acceptors (Lipinski definition) is 4. The first-order valence-corrected chi connectivity index (χ1v) is 11.8. The van der Waals surface area contributed by atoms with Crippen LogP contribution in [0.4, 0.5) is 5.82 Å². The van der Waals surface area contributed by atoms with Gasteiger partial charge in [-0.3, -0.25) is 9.79 Å². The van der Waals surface area contributed by atoms with E-state index in [1.165, 1.54) is 43.2 Å². The molecule has 29 heavy (non-hydrogen) atoms. The topological polar surface area (TPSA) is 57.6 Å². The van der Waals surface area contributed by atoms with Crippen molar-refractivity contribution >= 4 is 17.4 Å². The van der Waals surface area contributed by atoms with Gasteiger partial charge in [0.1, 0.15) is 5.82 Å². The van der Waals surface area contributed by atoms with Gasteiger partial charge in [0.25, 0.3) is 0 Å². The van der Waals surface area contributed by atoms with Crippen LogP contribution in [0.2, 0.25) is 0 Å². The van der Waals surface area contributed by atoms with Crippen LogP contribution in [0.1, 0.15) is 82.3 Å². The van der Waals surface area contributed by atoms with Gasteiger partial charge in [0.15, 0.2) is 0 Å². The van der Waals surface area contributed by atoms with Crippen molar-refractivity contribution in [2.24, 2.45) is 10.9 Å². The van der Waals surface area contributed by atoms with E-state index in [-0.39, 0.29) is 5.91 Å². The first-order chi connectivity index (χ1) is 14.2. The Hall–Kier alpha value is -1.91. The van der Waals surface area contributed by atoms with E-state index in [0.29, 0.717) is 12.5 Å². The number of likely N-dealkylation sites (tertiary alicyclic amines) is 1. The highest BCUT2D eigenvalue weighted by molar-refractivity contribution is 6.07. The summed E-state index contributed by atoms with van der Waals surface area (Å²) in [7, 11) is 0. The Morgan fingerprint density at radius 1 is 1.14 bits per heavy atom. The van der Waals surface area contributed by atoms with Crippen LogP contribution in [-0.4, -0.2) is 47.2 Å². The highest BCUT2D eigenvalue weighted by atomic mass is 16.2. The minimum Gasteiger partial charge on any atom is -0.367 e. The average Bonchev–Trinajstić information content (AvgIpc) is 2.96. The smallest absolute Gasteiger partial charge is 0.222 e. The van der Waals surface area contributed by atoms with Crippen molar-refractivity contribution < 1.29 is 4.79 Å². The summed E-state index contributed by atoms with van der Waals surface area (Å²) < 4.78 is 0. The molecule has 3 aliphatic rings. The molecule has 2 aliphatic heterocycles. The first kappa shape index (κ1) is 20.4. The zero-order valence-electron chi connectivity index (χ0n) is 18.0. The maximum Gasteiger partial charge on any atom is 0.222 e. The SMILES string of the molecule is CC1CCN(C(=O)CCC2=NCCCc3ccnc(NC4CCCCC4)c32)CC1. The molecule has 0 spiro atoms. The number of rotatable bonds is 5. The number of aromatic nitrogens is 1. The van der Waals surface area contributed by atoms with Gasteiger partial charge in [0, 0.05) is 49.6 Å². The van der Waals surface area contributed by atoms with Crippen LogP contribution in [0.25, 0.3) is 0 Å². The Bertz CT molecular complexity index is 730. The fraction of sp³-hybridized carbons (Fsp3) is 0.708. The van der Waals surface area contributed by atoms with Crippen LogP contribution in [0, 0.1) is 5.92 Å². The second-order valence-corrected chi connectivity index (χ2v) is 9.17. The molecule has 0 unspecified atom stereocenters. The van der Waals surface area contributed by atoms with Gasteiger partial charge in [0.05, 0.1) is 0 Å². The molecular formula is C24H36N4O. The Morgan fingerprint density at radius 3 is 2.72 bits per heavy atom. The third-order valence-electron chi connectivity index (χ3n) is 6.89. The molecule has 1 aromatic rings. The number of anilines is 1. The van der Waals surface area contributed by atoms with Gasteiger partial charge in [-0.25, -0.2) is 4.98 Å². The third kappa shape index (κ3) is 5.18. The largest absolute Gasteiger partial charge is 0.367 e. The maximum atomic E-state index is 12.8. The molecule has 1 amide bonds.